The molecule has 0 aromatic heterocycles. The SMILES string of the molecule is CN=C(NCc1ccc(CN2CCCCC2)cc1)NCc1cccc(C(=O)NC)c1.I. The Morgan fingerprint density at radius 3 is 2.23 bits per heavy atom. The van der Waals surface area contributed by atoms with Crippen LogP contribution in [0.3, 0.4) is 0 Å². The quantitative estimate of drug-likeness (QED) is 0.289. The molecule has 0 saturated carbocycles. The van der Waals surface area contributed by atoms with E-state index in [1.54, 1.807) is 14.1 Å². The summed E-state index contributed by atoms with van der Waals surface area (Å²) in [4.78, 5) is 18.6. The van der Waals surface area contributed by atoms with Crippen LogP contribution in [0.5, 0.6) is 0 Å². The predicted molar refractivity (Wildman–Crippen MR) is 138 cm³/mol. The van der Waals surface area contributed by atoms with Gasteiger partial charge in [-0.15, -0.1) is 24.0 Å². The van der Waals surface area contributed by atoms with Crippen molar-refractivity contribution in [2.75, 3.05) is 27.2 Å². The fraction of sp³-hybridized carbons (Fsp3) is 0.417. The van der Waals surface area contributed by atoms with Gasteiger partial charge in [-0.1, -0.05) is 42.8 Å². The van der Waals surface area contributed by atoms with Crippen molar-refractivity contribution in [1.29, 1.82) is 0 Å². The molecule has 6 nitrogen and oxygen atoms in total. The number of rotatable bonds is 7. The van der Waals surface area contributed by atoms with Gasteiger partial charge in [0.15, 0.2) is 5.96 Å². The molecule has 1 saturated heterocycles. The van der Waals surface area contributed by atoms with Gasteiger partial charge in [-0.3, -0.25) is 14.7 Å². The average Bonchev–Trinajstić information content (AvgIpc) is 2.80. The van der Waals surface area contributed by atoms with Crippen LogP contribution < -0.4 is 16.0 Å². The smallest absolute Gasteiger partial charge is 0.251 e. The maximum absolute atomic E-state index is 11.8. The summed E-state index contributed by atoms with van der Waals surface area (Å²) in [5, 5.41) is 9.31. The van der Waals surface area contributed by atoms with E-state index in [-0.39, 0.29) is 29.9 Å². The lowest BCUT2D eigenvalue weighted by Gasteiger charge is -2.26. The largest absolute Gasteiger partial charge is 0.355 e. The molecule has 0 atom stereocenters. The molecule has 1 aliphatic rings. The summed E-state index contributed by atoms with van der Waals surface area (Å²) in [6, 6.07) is 16.4. The lowest BCUT2D eigenvalue weighted by atomic mass is 10.1. The third-order valence-corrected chi connectivity index (χ3v) is 5.44. The zero-order valence-electron chi connectivity index (χ0n) is 18.5. The maximum atomic E-state index is 11.8. The van der Waals surface area contributed by atoms with Crippen molar-refractivity contribution in [3.8, 4) is 0 Å². The van der Waals surface area contributed by atoms with Crippen LogP contribution in [0.25, 0.3) is 0 Å². The van der Waals surface area contributed by atoms with Crippen molar-refractivity contribution < 1.29 is 4.79 Å². The zero-order valence-corrected chi connectivity index (χ0v) is 20.8. The van der Waals surface area contributed by atoms with Crippen LogP contribution in [0.1, 0.15) is 46.3 Å². The standard InChI is InChI=1S/C24H33N5O.HI/c1-25-23(30)22-8-6-7-21(15-22)17-28-24(26-2)27-16-19-9-11-20(12-10-19)18-29-13-4-3-5-14-29;/h6-12,15H,3-5,13-14,16-18H2,1-2H3,(H,25,30)(H2,26,27,28);1H. The lowest BCUT2D eigenvalue weighted by molar-refractivity contribution is 0.0963. The number of guanidine groups is 1. The number of aliphatic imine (C=N–C) groups is 1. The number of nitrogens with zero attached hydrogens (tertiary/aromatic N) is 2. The molecule has 0 radical (unpaired) electrons. The van der Waals surface area contributed by atoms with E-state index in [1.165, 1.54) is 43.5 Å². The van der Waals surface area contributed by atoms with Gasteiger partial charge in [0, 0.05) is 39.3 Å². The Kier molecular flexibility index (Phi) is 10.8. The highest BCUT2D eigenvalue weighted by Gasteiger charge is 2.10. The number of hydrogen-bond acceptors (Lipinski definition) is 3. The Balaban J connectivity index is 0.00000341. The van der Waals surface area contributed by atoms with Crippen molar-refractivity contribution in [3.63, 3.8) is 0 Å². The van der Waals surface area contributed by atoms with Gasteiger partial charge in [0.2, 0.25) is 0 Å². The normalized spacial score (nSPS) is 14.5. The third-order valence-electron chi connectivity index (χ3n) is 5.44. The highest BCUT2D eigenvalue weighted by atomic mass is 127. The Hall–Kier alpha value is -2.13. The summed E-state index contributed by atoms with van der Waals surface area (Å²) in [5.41, 5.74) is 4.28. The minimum atomic E-state index is -0.0805. The average molecular weight is 535 g/mol. The van der Waals surface area contributed by atoms with Crippen LogP contribution in [-0.4, -0.2) is 44.0 Å². The van der Waals surface area contributed by atoms with Gasteiger partial charge in [0.05, 0.1) is 0 Å². The Morgan fingerprint density at radius 1 is 0.935 bits per heavy atom. The van der Waals surface area contributed by atoms with E-state index in [2.05, 4.69) is 50.1 Å². The van der Waals surface area contributed by atoms with Crippen LogP contribution in [0.4, 0.5) is 0 Å². The van der Waals surface area contributed by atoms with Gasteiger partial charge in [-0.25, -0.2) is 0 Å². The maximum Gasteiger partial charge on any atom is 0.251 e. The minimum absolute atomic E-state index is 0. The van der Waals surface area contributed by atoms with Gasteiger partial charge < -0.3 is 16.0 Å². The van der Waals surface area contributed by atoms with Crippen LogP contribution in [-0.2, 0) is 19.6 Å². The fourth-order valence-corrected chi connectivity index (χ4v) is 3.70. The molecule has 0 aliphatic carbocycles. The molecule has 2 aromatic carbocycles. The number of carbonyl (C=O) groups is 1. The highest BCUT2D eigenvalue weighted by Crippen LogP contribution is 2.13. The third kappa shape index (κ3) is 8.14. The van der Waals surface area contributed by atoms with Crippen LogP contribution in [0.2, 0.25) is 0 Å². The fourth-order valence-electron chi connectivity index (χ4n) is 3.70. The second-order valence-electron chi connectivity index (χ2n) is 7.71. The number of benzene rings is 2. The zero-order chi connectivity index (χ0) is 21.2. The van der Waals surface area contributed by atoms with E-state index < -0.39 is 0 Å². The van der Waals surface area contributed by atoms with Crippen LogP contribution in [0.15, 0.2) is 53.5 Å². The van der Waals surface area contributed by atoms with E-state index in [9.17, 15) is 4.79 Å². The number of halogens is 1. The molecular weight excluding hydrogens is 501 g/mol. The Morgan fingerprint density at radius 2 is 1.58 bits per heavy atom. The molecule has 2 aromatic rings. The second-order valence-corrected chi connectivity index (χ2v) is 7.71. The molecule has 3 rings (SSSR count). The lowest BCUT2D eigenvalue weighted by Crippen LogP contribution is -2.36. The van der Waals surface area contributed by atoms with Crippen LogP contribution >= 0.6 is 24.0 Å². The number of piperidine rings is 1. The Bertz CT molecular complexity index is 847. The number of nitrogens with one attached hydrogen (secondary N) is 3. The molecule has 7 heteroatoms. The molecule has 31 heavy (non-hydrogen) atoms. The van der Waals surface area contributed by atoms with Crippen molar-refractivity contribution >= 4 is 35.8 Å². The highest BCUT2D eigenvalue weighted by molar-refractivity contribution is 14.0. The second kappa shape index (κ2) is 13.3. The summed E-state index contributed by atoms with van der Waals surface area (Å²) in [6.45, 7) is 4.79. The van der Waals surface area contributed by atoms with E-state index in [4.69, 9.17) is 0 Å². The first-order chi connectivity index (χ1) is 14.7. The summed E-state index contributed by atoms with van der Waals surface area (Å²) in [7, 11) is 3.40. The first-order valence-electron chi connectivity index (χ1n) is 10.7. The van der Waals surface area contributed by atoms with Gasteiger partial charge >= 0.3 is 0 Å². The first kappa shape index (κ1) is 25.1. The van der Waals surface area contributed by atoms with Crippen molar-refractivity contribution in [2.24, 2.45) is 4.99 Å². The van der Waals surface area contributed by atoms with Crippen LogP contribution in [0, 0.1) is 0 Å². The molecule has 3 N–H and O–H groups in total. The van der Waals surface area contributed by atoms with E-state index in [0.717, 1.165) is 18.1 Å². The predicted octanol–water partition coefficient (Wildman–Crippen LogP) is 3.52. The summed E-state index contributed by atoms with van der Waals surface area (Å²) in [5.74, 6) is 0.654. The molecule has 1 fully saturated rings. The number of carbonyl (C=O) groups excluding carboxylic acids is 1. The van der Waals surface area contributed by atoms with E-state index >= 15 is 0 Å². The first-order valence-corrected chi connectivity index (χ1v) is 10.7. The summed E-state index contributed by atoms with van der Waals surface area (Å²) >= 11 is 0. The van der Waals surface area contributed by atoms with Crippen molar-refractivity contribution in [3.05, 3.63) is 70.8 Å². The van der Waals surface area contributed by atoms with Crippen molar-refractivity contribution in [1.82, 2.24) is 20.9 Å². The number of likely N-dealkylation sites (tertiary alicyclic amines) is 1. The van der Waals surface area contributed by atoms with Gasteiger partial charge in [0.25, 0.3) is 5.91 Å². The van der Waals surface area contributed by atoms with E-state index in [1.807, 2.05) is 24.3 Å². The summed E-state index contributed by atoms with van der Waals surface area (Å²) in [6.07, 6.45) is 4.02. The minimum Gasteiger partial charge on any atom is -0.355 e. The molecule has 1 heterocycles. The molecule has 168 valence electrons. The molecular formula is C24H34IN5O. The van der Waals surface area contributed by atoms with Crippen molar-refractivity contribution in [2.45, 2.75) is 38.9 Å². The topological polar surface area (TPSA) is 68.8 Å². The molecule has 0 unspecified atom stereocenters. The number of amides is 1. The van der Waals surface area contributed by atoms with E-state index in [0.29, 0.717) is 18.7 Å². The summed E-state index contributed by atoms with van der Waals surface area (Å²) < 4.78 is 0. The number of hydrogen-bond donors (Lipinski definition) is 3. The van der Waals surface area contributed by atoms with Gasteiger partial charge in [0.1, 0.15) is 0 Å². The molecule has 1 aliphatic heterocycles. The monoisotopic (exact) mass is 535 g/mol. The van der Waals surface area contributed by atoms with Gasteiger partial charge in [-0.05, 0) is 54.8 Å². The molecule has 1 amide bonds. The Labute approximate surface area is 202 Å². The molecule has 0 bridgehead atoms. The molecule has 0 spiro atoms. The van der Waals surface area contributed by atoms with Gasteiger partial charge in [-0.2, -0.15) is 0 Å².